The highest BCUT2D eigenvalue weighted by molar-refractivity contribution is 5.75. The van der Waals surface area contributed by atoms with Gasteiger partial charge in [-0.05, 0) is 25.5 Å². The molecular weight excluding hydrogens is 204 g/mol. The van der Waals surface area contributed by atoms with Gasteiger partial charge in [0.25, 0.3) is 0 Å². The molecule has 5 heteroatoms. The summed E-state index contributed by atoms with van der Waals surface area (Å²) in [5, 5.41) is 12.0. The number of nitrogens with zero attached hydrogens (tertiary/aromatic N) is 2. The molecule has 0 radical (unpaired) electrons. The molecule has 1 atom stereocenters. The van der Waals surface area contributed by atoms with E-state index >= 15 is 0 Å². The molecular formula is C11H14N4O. The molecule has 1 unspecified atom stereocenters. The average molecular weight is 218 g/mol. The van der Waals surface area contributed by atoms with Gasteiger partial charge in [0.05, 0.1) is 5.56 Å². The number of hydrogen-bond acceptors (Lipinski definition) is 4. The molecule has 0 fully saturated rings. The average Bonchev–Trinajstić information content (AvgIpc) is 2.16. The standard InChI is InChI=1S/C11H14N4O/c1-7-3-4-14-11(9(7)6-12)15-8(2)5-10(13)16/h3-4,8H,5H2,1-2H3,(H2,13,16)(H,14,15). The van der Waals surface area contributed by atoms with Gasteiger partial charge in [0, 0.05) is 18.7 Å². The predicted octanol–water partition coefficient (Wildman–Crippen LogP) is 0.938. The van der Waals surface area contributed by atoms with Crippen LogP contribution in [0, 0.1) is 18.3 Å². The lowest BCUT2D eigenvalue weighted by Gasteiger charge is -2.14. The smallest absolute Gasteiger partial charge is 0.219 e. The summed E-state index contributed by atoms with van der Waals surface area (Å²) < 4.78 is 0. The lowest BCUT2D eigenvalue weighted by Crippen LogP contribution is -2.24. The van der Waals surface area contributed by atoms with Crippen LogP contribution in [0.1, 0.15) is 24.5 Å². The van der Waals surface area contributed by atoms with E-state index in [0.29, 0.717) is 11.4 Å². The van der Waals surface area contributed by atoms with E-state index in [9.17, 15) is 4.79 Å². The number of aromatic nitrogens is 1. The summed E-state index contributed by atoms with van der Waals surface area (Å²) in [6.45, 7) is 3.65. The van der Waals surface area contributed by atoms with Crippen molar-refractivity contribution in [1.82, 2.24) is 4.98 Å². The van der Waals surface area contributed by atoms with Crippen molar-refractivity contribution in [1.29, 1.82) is 5.26 Å². The predicted molar refractivity (Wildman–Crippen MR) is 60.6 cm³/mol. The Hall–Kier alpha value is -2.09. The first-order valence-corrected chi connectivity index (χ1v) is 4.95. The van der Waals surface area contributed by atoms with Crippen molar-refractivity contribution in [2.45, 2.75) is 26.3 Å². The molecule has 0 saturated heterocycles. The molecule has 0 saturated carbocycles. The molecule has 3 N–H and O–H groups in total. The fraction of sp³-hybridized carbons (Fsp3) is 0.364. The van der Waals surface area contributed by atoms with Gasteiger partial charge in [0.1, 0.15) is 11.9 Å². The van der Waals surface area contributed by atoms with Crippen molar-refractivity contribution in [3.63, 3.8) is 0 Å². The van der Waals surface area contributed by atoms with Crippen LogP contribution in [0.4, 0.5) is 5.82 Å². The first-order chi connectivity index (χ1) is 7.54. The Bertz CT molecular complexity index is 436. The van der Waals surface area contributed by atoms with Crippen LogP contribution in [0.3, 0.4) is 0 Å². The van der Waals surface area contributed by atoms with Gasteiger partial charge < -0.3 is 11.1 Å². The molecule has 0 aromatic carbocycles. The SMILES string of the molecule is Cc1ccnc(NC(C)CC(N)=O)c1C#N. The molecule has 1 aromatic heterocycles. The minimum absolute atomic E-state index is 0.140. The number of carbonyl (C=O) groups excluding carboxylic acids is 1. The number of aryl methyl sites for hydroxylation is 1. The Morgan fingerprint density at radius 1 is 1.75 bits per heavy atom. The van der Waals surface area contributed by atoms with Crippen molar-refractivity contribution in [2.24, 2.45) is 5.73 Å². The second kappa shape index (κ2) is 5.12. The zero-order valence-corrected chi connectivity index (χ0v) is 9.32. The minimum Gasteiger partial charge on any atom is -0.370 e. The lowest BCUT2D eigenvalue weighted by molar-refractivity contribution is -0.118. The van der Waals surface area contributed by atoms with Crippen LogP contribution >= 0.6 is 0 Å². The fourth-order valence-corrected chi connectivity index (χ4v) is 1.40. The molecule has 1 amide bonds. The van der Waals surface area contributed by atoms with Crippen LogP contribution in [-0.2, 0) is 4.79 Å². The summed E-state index contributed by atoms with van der Waals surface area (Å²) in [6, 6.07) is 3.71. The highest BCUT2D eigenvalue weighted by atomic mass is 16.1. The molecule has 0 bridgehead atoms. The zero-order chi connectivity index (χ0) is 12.1. The van der Waals surface area contributed by atoms with E-state index in [2.05, 4.69) is 16.4 Å². The maximum Gasteiger partial charge on any atom is 0.219 e. The van der Waals surface area contributed by atoms with Crippen molar-refractivity contribution < 1.29 is 4.79 Å². The lowest BCUT2D eigenvalue weighted by atomic mass is 10.1. The second-order valence-corrected chi connectivity index (χ2v) is 3.68. The Balaban J connectivity index is 2.85. The maximum atomic E-state index is 10.7. The van der Waals surface area contributed by atoms with E-state index in [1.54, 1.807) is 12.3 Å². The topological polar surface area (TPSA) is 91.8 Å². The number of pyridine rings is 1. The molecule has 5 nitrogen and oxygen atoms in total. The van der Waals surface area contributed by atoms with Gasteiger partial charge in [-0.15, -0.1) is 0 Å². The monoisotopic (exact) mass is 218 g/mol. The Morgan fingerprint density at radius 2 is 2.44 bits per heavy atom. The molecule has 1 rings (SSSR count). The van der Waals surface area contributed by atoms with E-state index in [-0.39, 0.29) is 18.4 Å². The van der Waals surface area contributed by atoms with Crippen LogP contribution < -0.4 is 11.1 Å². The van der Waals surface area contributed by atoms with Crippen LogP contribution in [0.5, 0.6) is 0 Å². The molecule has 0 aliphatic carbocycles. The molecule has 0 spiro atoms. The van der Waals surface area contributed by atoms with Gasteiger partial charge in [-0.3, -0.25) is 4.79 Å². The number of nitriles is 1. The Labute approximate surface area is 94.3 Å². The van der Waals surface area contributed by atoms with Gasteiger partial charge in [-0.25, -0.2) is 4.98 Å². The number of anilines is 1. The molecule has 0 aliphatic rings. The van der Waals surface area contributed by atoms with Crippen molar-refractivity contribution in [3.8, 4) is 6.07 Å². The highest BCUT2D eigenvalue weighted by Crippen LogP contribution is 2.16. The van der Waals surface area contributed by atoms with E-state index in [1.807, 2.05) is 13.8 Å². The second-order valence-electron chi connectivity index (χ2n) is 3.68. The zero-order valence-electron chi connectivity index (χ0n) is 9.32. The van der Waals surface area contributed by atoms with Gasteiger partial charge in [-0.2, -0.15) is 5.26 Å². The Morgan fingerprint density at radius 3 is 3.00 bits per heavy atom. The van der Waals surface area contributed by atoms with Gasteiger partial charge in [0.2, 0.25) is 5.91 Å². The normalized spacial score (nSPS) is 11.6. The number of nitrogens with two attached hydrogens (primary N) is 1. The van der Waals surface area contributed by atoms with Crippen LogP contribution in [0.15, 0.2) is 12.3 Å². The highest BCUT2D eigenvalue weighted by Gasteiger charge is 2.11. The molecule has 84 valence electrons. The van der Waals surface area contributed by atoms with Gasteiger partial charge >= 0.3 is 0 Å². The number of rotatable bonds is 4. The first kappa shape index (κ1) is 12.0. The summed E-state index contributed by atoms with van der Waals surface area (Å²) in [5.74, 6) is 0.113. The van der Waals surface area contributed by atoms with Crippen molar-refractivity contribution >= 4 is 11.7 Å². The number of carbonyl (C=O) groups is 1. The summed E-state index contributed by atoms with van der Waals surface area (Å²) in [5.41, 5.74) is 6.44. The van der Waals surface area contributed by atoms with Gasteiger partial charge in [-0.1, -0.05) is 0 Å². The quantitative estimate of drug-likeness (QED) is 0.786. The maximum absolute atomic E-state index is 10.7. The van der Waals surface area contributed by atoms with E-state index < -0.39 is 0 Å². The molecule has 0 aliphatic heterocycles. The molecule has 16 heavy (non-hydrogen) atoms. The van der Waals surface area contributed by atoms with Crippen molar-refractivity contribution in [3.05, 3.63) is 23.4 Å². The fourth-order valence-electron chi connectivity index (χ4n) is 1.40. The molecule has 1 aromatic rings. The number of hydrogen-bond donors (Lipinski definition) is 2. The van der Waals surface area contributed by atoms with E-state index in [1.165, 1.54) is 0 Å². The summed E-state index contributed by atoms with van der Waals surface area (Å²) >= 11 is 0. The summed E-state index contributed by atoms with van der Waals surface area (Å²) in [6.07, 6.45) is 1.83. The van der Waals surface area contributed by atoms with E-state index in [4.69, 9.17) is 11.0 Å². The largest absolute Gasteiger partial charge is 0.370 e. The third-order valence-corrected chi connectivity index (χ3v) is 2.16. The number of nitrogens with one attached hydrogen (secondary N) is 1. The van der Waals surface area contributed by atoms with Crippen LogP contribution in [0.2, 0.25) is 0 Å². The summed E-state index contributed by atoms with van der Waals surface area (Å²) in [4.78, 5) is 14.8. The Kier molecular flexibility index (Phi) is 3.84. The molecule has 1 heterocycles. The van der Waals surface area contributed by atoms with Crippen LogP contribution in [-0.4, -0.2) is 16.9 Å². The minimum atomic E-state index is -0.383. The third-order valence-electron chi connectivity index (χ3n) is 2.16. The van der Waals surface area contributed by atoms with E-state index in [0.717, 1.165) is 5.56 Å². The van der Waals surface area contributed by atoms with Gasteiger partial charge in [0.15, 0.2) is 0 Å². The summed E-state index contributed by atoms with van der Waals surface area (Å²) in [7, 11) is 0. The number of amides is 1. The first-order valence-electron chi connectivity index (χ1n) is 4.95. The third kappa shape index (κ3) is 2.95. The van der Waals surface area contributed by atoms with Crippen LogP contribution in [0.25, 0.3) is 0 Å². The number of primary amides is 1. The van der Waals surface area contributed by atoms with Crippen molar-refractivity contribution in [2.75, 3.05) is 5.32 Å².